The van der Waals surface area contributed by atoms with Crippen LogP contribution in [0.25, 0.3) is 0 Å². The number of aryl methyl sites for hydroxylation is 1. The Bertz CT molecular complexity index is 690. The Hall–Kier alpha value is -2.27. The third kappa shape index (κ3) is 3.08. The minimum Gasteiger partial charge on any atom is -0.465 e. The summed E-state index contributed by atoms with van der Waals surface area (Å²) in [6, 6.07) is 6.77. The number of hydrogen-bond acceptors (Lipinski definition) is 3. The topological polar surface area (TPSA) is 71.2 Å². The molecule has 2 rings (SSSR count). The van der Waals surface area contributed by atoms with Crippen LogP contribution in [0.1, 0.15) is 32.1 Å². The molecule has 110 valence electrons. The molecule has 0 fully saturated rings. The molecule has 0 aliphatic carbocycles. The molecule has 1 heterocycles. The van der Waals surface area contributed by atoms with Crippen molar-refractivity contribution in [2.75, 3.05) is 12.4 Å². The van der Waals surface area contributed by atoms with Crippen LogP contribution >= 0.6 is 11.6 Å². The van der Waals surface area contributed by atoms with E-state index in [1.807, 2.05) is 0 Å². The van der Waals surface area contributed by atoms with Gasteiger partial charge in [-0.25, -0.2) is 4.79 Å². The predicted molar refractivity (Wildman–Crippen MR) is 81.0 cm³/mol. The highest BCUT2D eigenvalue weighted by molar-refractivity contribution is 6.30. The van der Waals surface area contributed by atoms with Crippen molar-refractivity contribution in [2.24, 2.45) is 0 Å². The van der Waals surface area contributed by atoms with Crippen LogP contribution in [0.15, 0.2) is 24.3 Å². The molecule has 0 bridgehead atoms. The Labute approximate surface area is 127 Å². The summed E-state index contributed by atoms with van der Waals surface area (Å²) in [4.78, 5) is 26.9. The zero-order valence-electron chi connectivity index (χ0n) is 11.9. The van der Waals surface area contributed by atoms with Gasteiger partial charge >= 0.3 is 5.97 Å². The number of benzene rings is 1. The molecule has 0 radical (unpaired) electrons. The van der Waals surface area contributed by atoms with Crippen molar-refractivity contribution in [1.82, 2.24) is 4.98 Å². The standard InChI is InChI=1S/C15H15ClN2O3/c1-8-12(15(20)21-3)9(2)17-13(8)14(19)18-11-6-4-10(16)5-7-11/h4-7,17H,1-3H3,(H,18,19). The second-order valence-corrected chi connectivity index (χ2v) is 5.01. The first-order chi connectivity index (χ1) is 9.93. The molecule has 1 aromatic carbocycles. The van der Waals surface area contributed by atoms with Gasteiger partial charge in [-0.15, -0.1) is 0 Å². The number of carbonyl (C=O) groups is 2. The van der Waals surface area contributed by atoms with Crippen molar-refractivity contribution < 1.29 is 14.3 Å². The number of rotatable bonds is 3. The molecule has 0 spiro atoms. The van der Waals surface area contributed by atoms with Gasteiger partial charge in [0.1, 0.15) is 5.69 Å². The highest BCUT2D eigenvalue weighted by Gasteiger charge is 2.22. The van der Waals surface area contributed by atoms with Crippen molar-refractivity contribution in [1.29, 1.82) is 0 Å². The molecular formula is C15H15ClN2O3. The normalized spacial score (nSPS) is 10.3. The van der Waals surface area contributed by atoms with Gasteiger partial charge in [-0.2, -0.15) is 0 Å². The summed E-state index contributed by atoms with van der Waals surface area (Å²) in [5, 5.41) is 3.33. The average Bonchev–Trinajstić information content (AvgIpc) is 2.76. The van der Waals surface area contributed by atoms with Crippen molar-refractivity contribution in [3.8, 4) is 0 Å². The number of halogens is 1. The zero-order valence-corrected chi connectivity index (χ0v) is 12.7. The fraction of sp³-hybridized carbons (Fsp3) is 0.200. The number of esters is 1. The first-order valence-electron chi connectivity index (χ1n) is 6.28. The van der Waals surface area contributed by atoms with Gasteiger partial charge in [0.05, 0.1) is 12.7 Å². The molecule has 0 aliphatic heterocycles. The maximum absolute atomic E-state index is 12.3. The first kappa shape index (κ1) is 15.1. The van der Waals surface area contributed by atoms with Gasteiger partial charge in [0.25, 0.3) is 5.91 Å². The van der Waals surface area contributed by atoms with Crippen LogP contribution < -0.4 is 5.32 Å². The van der Waals surface area contributed by atoms with Crippen molar-refractivity contribution in [3.63, 3.8) is 0 Å². The van der Waals surface area contributed by atoms with E-state index in [4.69, 9.17) is 16.3 Å². The number of hydrogen-bond donors (Lipinski definition) is 2. The van der Waals surface area contributed by atoms with Crippen molar-refractivity contribution in [2.45, 2.75) is 13.8 Å². The molecule has 21 heavy (non-hydrogen) atoms. The van der Waals surface area contributed by atoms with E-state index in [1.54, 1.807) is 38.1 Å². The zero-order chi connectivity index (χ0) is 15.6. The van der Waals surface area contributed by atoms with E-state index in [0.29, 0.717) is 33.2 Å². The second-order valence-electron chi connectivity index (χ2n) is 4.58. The van der Waals surface area contributed by atoms with Crippen LogP contribution in [0, 0.1) is 13.8 Å². The summed E-state index contributed by atoms with van der Waals surface area (Å²) in [7, 11) is 1.31. The van der Waals surface area contributed by atoms with Crippen molar-refractivity contribution >= 4 is 29.2 Å². The Morgan fingerprint density at radius 3 is 2.38 bits per heavy atom. The minimum atomic E-state index is -0.466. The SMILES string of the molecule is COC(=O)c1c(C)[nH]c(C(=O)Nc2ccc(Cl)cc2)c1C. The summed E-state index contributed by atoms with van der Waals surface area (Å²) in [6.07, 6.45) is 0. The molecule has 0 atom stereocenters. The maximum atomic E-state index is 12.3. The third-order valence-corrected chi connectivity index (χ3v) is 3.41. The predicted octanol–water partition coefficient (Wildman–Crippen LogP) is 3.32. The number of amides is 1. The highest BCUT2D eigenvalue weighted by Crippen LogP contribution is 2.20. The van der Waals surface area contributed by atoms with E-state index in [0.717, 1.165) is 0 Å². The monoisotopic (exact) mass is 306 g/mol. The lowest BCUT2D eigenvalue weighted by molar-refractivity contribution is 0.0599. The molecule has 0 saturated heterocycles. The van der Waals surface area contributed by atoms with E-state index in [2.05, 4.69) is 10.3 Å². The van der Waals surface area contributed by atoms with E-state index >= 15 is 0 Å². The van der Waals surface area contributed by atoms with Gasteiger partial charge in [-0.1, -0.05) is 11.6 Å². The van der Waals surface area contributed by atoms with Crippen LogP contribution in [-0.4, -0.2) is 24.0 Å². The largest absolute Gasteiger partial charge is 0.465 e. The number of aromatic nitrogens is 1. The minimum absolute atomic E-state index is 0.326. The number of ether oxygens (including phenoxy) is 1. The summed E-state index contributed by atoms with van der Waals surface area (Å²) in [5.41, 5.74) is 2.50. The molecule has 0 aliphatic rings. The Kier molecular flexibility index (Phi) is 4.33. The number of anilines is 1. The van der Waals surface area contributed by atoms with Gasteiger partial charge < -0.3 is 15.0 Å². The van der Waals surface area contributed by atoms with Crippen LogP contribution in [-0.2, 0) is 4.74 Å². The van der Waals surface area contributed by atoms with Gasteiger partial charge in [-0.05, 0) is 43.7 Å². The van der Waals surface area contributed by atoms with Gasteiger partial charge in [0.15, 0.2) is 0 Å². The average molecular weight is 307 g/mol. The van der Waals surface area contributed by atoms with Gasteiger partial charge in [0.2, 0.25) is 0 Å². The molecule has 2 aromatic rings. The van der Waals surface area contributed by atoms with E-state index in [1.165, 1.54) is 7.11 Å². The molecule has 2 N–H and O–H groups in total. The number of nitrogens with one attached hydrogen (secondary N) is 2. The molecule has 0 saturated carbocycles. The Balaban J connectivity index is 2.28. The fourth-order valence-electron chi connectivity index (χ4n) is 2.11. The second kappa shape index (κ2) is 6.01. The lowest BCUT2D eigenvalue weighted by Gasteiger charge is -2.05. The quantitative estimate of drug-likeness (QED) is 0.854. The number of aromatic amines is 1. The van der Waals surface area contributed by atoms with Gasteiger partial charge in [0, 0.05) is 16.4 Å². The van der Waals surface area contributed by atoms with Crippen molar-refractivity contribution in [3.05, 3.63) is 51.8 Å². The maximum Gasteiger partial charge on any atom is 0.339 e. The summed E-state index contributed by atoms with van der Waals surface area (Å²) in [6.45, 7) is 3.42. The van der Waals surface area contributed by atoms with E-state index in [9.17, 15) is 9.59 Å². The van der Waals surface area contributed by atoms with Gasteiger partial charge in [-0.3, -0.25) is 4.79 Å². The number of methoxy groups -OCH3 is 1. The lowest BCUT2D eigenvalue weighted by Crippen LogP contribution is -2.14. The molecule has 0 unspecified atom stereocenters. The highest BCUT2D eigenvalue weighted by atomic mass is 35.5. The third-order valence-electron chi connectivity index (χ3n) is 3.16. The molecular weight excluding hydrogens is 292 g/mol. The summed E-state index contributed by atoms with van der Waals surface area (Å²) in [5.74, 6) is -0.792. The Morgan fingerprint density at radius 1 is 1.19 bits per heavy atom. The number of H-pyrrole nitrogens is 1. The summed E-state index contributed by atoms with van der Waals surface area (Å²) < 4.78 is 4.72. The lowest BCUT2D eigenvalue weighted by atomic mass is 10.1. The smallest absolute Gasteiger partial charge is 0.339 e. The fourth-order valence-corrected chi connectivity index (χ4v) is 2.24. The van der Waals surface area contributed by atoms with E-state index < -0.39 is 5.97 Å². The van der Waals surface area contributed by atoms with Crippen LogP contribution in [0.2, 0.25) is 5.02 Å². The molecule has 1 amide bonds. The van der Waals surface area contributed by atoms with E-state index in [-0.39, 0.29) is 5.91 Å². The number of carbonyl (C=O) groups excluding carboxylic acids is 2. The molecule has 6 heteroatoms. The first-order valence-corrected chi connectivity index (χ1v) is 6.66. The van der Waals surface area contributed by atoms with Crippen LogP contribution in [0.4, 0.5) is 5.69 Å². The summed E-state index contributed by atoms with van der Waals surface area (Å²) >= 11 is 5.80. The van der Waals surface area contributed by atoms with Crippen LogP contribution in [0.3, 0.4) is 0 Å². The Morgan fingerprint density at radius 2 is 1.81 bits per heavy atom. The molecule has 1 aromatic heterocycles. The molecule has 5 nitrogen and oxygen atoms in total. The van der Waals surface area contributed by atoms with Crippen LogP contribution in [0.5, 0.6) is 0 Å².